The van der Waals surface area contributed by atoms with E-state index in [2.05, 4.69) is 5.32 Å². The van der Waals surface area contributed by atoms with Gasteiger partial charge in [0.2, 0.25) is 5.91 Å². The van der Waals surface area contributed by atoms with E-state index in [1.807, 2.05) is 66.4 Å². The number of nitrogens with one attached hydrogen (secondary N) is 1. The van der Waals surface area contributed by atoms with E-state index in [0.29, 0.717) is 28.6 Å². The van der Waals surface area contributed by atoms with Gasteiger partial charge in [-0.1, -0.05) is 60.1 Å². The van der Waals surface area contributed by atoms with Crippen LogP contribution < -0.4 is 5.32 Å². The Kier molecular flexibility index (Phi) is 6.11. The Balaban J connectivity index is 1.49. The van der Waals surface area contributed by atoms with Gasteiger partial charge in [-0.3, -0.25) is 9.59 Å². The van der Waals surface area contributed by atoms with Crippen LogP contribution in [0.25, 0.3) is 0 Å². The molecule has 30 heavy (non-hydrogen) atoms. The first-order valence-corrected chi connectivity index (χ1v) is 11.1. The Bertz CT molecular complexity index is 1070. The van der Waals surface area contributed by atoms with Gasteiger partial charge in [0.05, 0.1) is 5.75 Å². The summed E-state index contributed by atoms with van der Waals surface area (Å²) in [6.07, 6.45) is 0. The lowest BCUT2D eigenvalue weighted by molar-refractivity contribution is -0.128. The second-order valence-corrected chi connectivity index (χ2v) is 8.63. The zero-order valence-corrected chi connectivity index (χ0v) is 18.0. The van der Waals surface area contributed by atoms with Crippen LogP contribution in [0.3, 0.4) is 0 Å². The van der Waals surface area contributed by atoms with Gasteiger partial charge >= 0.3 is 0 Å². The molecule has 0 aromatic heterocycles. The maximum atomic E-state index is 12.6. The normalized spacial score (nSPS) is 16.0. The molecule has 1 fully saturated rings. The van der Waals surface area contributed by atoms with Crippen LogP contribution in [-0.4, -0.2) is 22.5 Å². The van der Waals surface area contributed by atoms with Crippen LogP contribution in [0, 0.1) is 6.92 Å². The number of hydrogen-bond donors (Lipinski definition) is 1. The van der Waals surface area contributed by atoms with E-state index in [-0.39, 0.29) is 17.2 Å². The predicted octanol–water partition coefficient (Wildman–Crippen LogP) is 5.67. The van der Waals surface area contributed by atoms with Crippen molar-refractivity contribution in [2.75, 3.05) is 11.1 Å². The van der Waals surface area contributed by atoms with E-state index >= 15 is 0 Å². The fourth-order valence-electron chi connectivity index (χ4n) is 3.42. The SMILES string of the molecule is Cc1c(Cl)cccc1NC(=O)c1ccc([C@@H]2SCC(=O)N2Cc2ccccc2)cc1. The van der Waals surface area contributed by atoms with Crippen molar-refractivity contribution in [3.63, 3.8) is 0 Å². The molecule has 0 saturated carbocycles. The van der Waals surface area contributed by atoms with Crippen molar-refractivity contribution in [3.05, 3.63) is 100 Å². The zero-order valence-electron chi connectivity index (χ0n) is 16.5. The maximum Gasteiger partial charge on any atom is 0.255 e. The Hall–Kier alpha value is -2.76. The standard InChI is InChI=1S/C24H21ClN2O2S/c1-16-20(25)8-5-9-21(16)26-23(29)18-10-12-19(13-11-18)24-27(22(28)15-30-24)14-17-6-3-2-4-7-17/h2-13,24H,14-15H2,1H3,(H,26,29)/t24-/m0/s1. The fourth-order valence-corrected chi connectivity index (χ4v) is 4.78. The highest BCUT2D eigenvalue weighted by Gasteiger charge is 2.32. The highest BCUT2D eigenvalue weighted by atomic mass is 35.5. The second-order valence-electron chi connectivity index (χ2n) is 7.16. The zero-order chi connectivity index (χ0) is 21.1. The number of hydrogen-bond acceptors (Lipinski definition) is 3. The van der Waals surface area contributed by atoms with E-state index in [4.69, 9.17) is 11.6 Å². The quantitative estimate of drug-likeness (QED) is 0.560. The van der Waals surface area contributed by atoms with E-state index < -0.39 is 0 Å². The third kappa shape index (κ3) is 4.37. The van der Waals surface area contributed by atoms with E-state index in [9.17, 15) is 9.59 Å². The first kappa shape index (κ1) is 20.5. The summed E-state index contributed by atoms with van der Waals surface area (Å²) in [5, 5.41) is 3.48. The van der Waals surface area contributed by atoms with Crippen molar-refractivity contribution in [1.29, 1.82) is 0 Å². The molecule has 1 saturated heterocycles. The minimum atomic E-state index is -0.191. The highest BCUT2D eigenvalue weighted by molar-refractivity contribution is 8.00. The number of nitrogens with zero attached hydrogens (tertiary/aromatic N) is 1. The molecule has 3 aromatic carbocycles. The lowest BCUT2D eigenvalue weighted by Crippen LogP contribution is -2.27. The summed E-state index contributed by atoms with van der Waals surface area (Å²) in [4.78, 5) is 27.0. The summed E-state index contributed by atoms with van der Waals surface area (Å²) < 4.78 is 0. The van der Waals surface area contributed by atoms with E-state index in [1.165, 1.54) is 0 Å². The third-order valence-electron chi connectivity index (χ3n) is 5.14. The Morgan fingerprint density at radius 3 is 2.53 bits per heavy atom. The smallest absolute Gasteiger partial charge is 0.255 e. The summed E-state index contributed by atoms with van der Waals surface area (Å²) in [6, 6.07) is 22.9. The molecule has 1 N–H and O–H groups in total. The molecule has 152 valence electrons. The molecule has 1 atom stereocenters. The molecule has 0 aliphatic carbocycles. The van der Waals surface area contributed by atoms with Gasteiger partial charge < -0.3 is 10.2 Å². The Labute approximate surface area is 185 Å². The molecular weight excluding hydrogens is 416 g/mol. The maximum absolute atomic E-state index is 12.6. The van der Waals surface area contributed by atoms with Crippen molar-refractivity contribution in [1.82, 2.24) is 4.90 Å². The second kappa shape index (κ2) is 8.94. The van der Waals surface area contributed by atoms with Crippen LogP contribution in [0.4, 0.5) is 5.69 Å². The van der Waals surface area contributed by atoms with Gasteiger partial charge in [0.25, 0.3) is 5.91 Å². The minimum Gasteiger partial charge on any atom is -0.322 e. The van der Waals surface area contributed by atoms with Crippen LogP contribution in [0.2, 0.25) is 5.02 Å². The van der Waals surface area contributed by atoms with Gasteiger partial charge in [0.15, 0.2) is 0 Å². The molecule has 1 aliphatic heterocycles. The number of rotatable bonds is 5. The van der Waals surface area contributed by atoms with Crippen molar-refractivity contribution in [2.24, 2.45) is 0 Å². The summed E-state index contributed by atoms with van der Waals surface area (Å²) in [6.45, 7) is 2.45. The third-order valence-corrected chi connectivity index (χ3v) is 6.80. The van der Waals surface area contributed by atoms with Crippen molar-refractivity contribution in [3.8, 4) is 0 Å². The molecule has 3 aromatic rings. The first-order valence-electron chi connectivity index (χ1n) is 9.64. The number of thioether (sulfide) groups is 1. The average molecular weight is 437 g/mol. The van der Waals surface area contributed by atoms with Crippen LogP contribution in [0.5, 0.6) is 0 Å². The molecule has 1 aliphatic rings. The molecule has 4 nitrogen and oxygen atoms in total. The van der Waals surface area contributed by atoms with Gasteiger partial charge in [-0.2, -0.15) is 0 Å². The molecule has 0 spiro atoms. The van der Waals surface area contributed by atoms with Crippen LogP contribution in [0.15, 0.2) is 72.8 Å². The Morgan fingerprint density at radius 2 is 1.80 bits per heavy atom. The molecule has 0 bridgehead atoms. The number of benzene rings is 3. The van der Waals surface area contributed by atoms with Gasteiger partial charge in [-0.25, -0.2) is 0 Å². The first-order chi connectivity index (χ1) is 14.5. The fraction of sp³-hybridized carbons (Fsp3) is 0.167. The number of halogens is 1. The van der Waals surface area contributed by atoms with Gasteiger partial charge in [0.1, 0.15) is 5.37 Å². The van der Waals surface area contributed by atoms with Crippen LogP contribution >= 0.6 is 23.4 Å². The number of anilines is 1. The molecule has 0 unspecified atom stereocenters. The van der Waals surface area contributed by atoms with E-state index in [0.717, 1.165) is 16.7 Å². The summed E-state index contributed by atoms with van der Waals surface area (Å²) in [7, 11) is 0. The highest BCUT2D eigenvalue weighted by Crippen LogP contribution is 2.39. The molecule has 0 radical (unpaired) electrons. The number of carbonyl (C=O) groups excluding carboxylic acids is 2. The summed E-state index contributed by atoms with van der Waals surface area (Å²) >= 11 is 7.75. The minimum absolute atomic E-state index is 0.0509. The number of carbonyl (C=O) groups is 2. The number of amides is 2. The molecule has 6 heteroatoms. The lowest BCUT2D eigenvalue weighted by Gasteiger charge is -2.24. The van der Waals surface area contributed by atoms with Crippen molar-refractivity contribution >= 4 is 40.9 Å². The lowest BCUT2D eigenvalue weighted by atomic mass is 10.1. The molecule has 1 heterocycles. The largest absolute Gasteiger partial charge is 0.322 e. The van der Waals surface area contributed by atoms with Crippen molar-refractivity contribution < 1.29 is 9.59 Å². The van der Waals surface area contributed by atoms with Gasteiger partial charge in [-0.15, -0.1) is 11.8 Å². The molecule has 4 rings (SSSR count). The molecule has 2 amide bonds. The topological polar surface area (TPSA) is 49.4 Å². The van der Waals surface area contributed by atoms with Gasteiger partial charge in [-0.05, 0) is 47.9 Å². The van der Waals surface area contributed by atoms with E-state index in [1.54, 1.807) is 30.0 Å². The van der Waals surface area contributed by atoms with Crippen molar-refractivity contribution in [2.45, 2.75) is 18.8 Å². The average Bonchev–Trinajstić information content (AvgIpc) is 3.12. The molecular formula is C24H21ClN2O2S. The van der Waals surface area contributed by atoms with Crippen LogP contribution in [-0.2, 0) is 11.3 Å². The predicted molar refractivity (Wildman–Crippen MR) is 123 cm³/mol. The summed E-state index contributed by atoms with van der Waals surface area (Å²) in [5.74, 6) is 0.406. The van der Waals surface area contributed by atoms with Crippen LogP contribution in [0.1, 0.15) is 32.4 Å². The van der Waals surface area contributed by atoms with Gasteiger partial charge in [0, 0.05) is 22.8 Å². The monoisotopic (exact) mass is 436 g/mol. The Morgan fingerprint density at radius 1 is 1.07 bits per heavy atom. The summed E-state index contributed by atoms with van der Waals surface area (Å²) in [5.41, 5.74) is 4.20.